The molecule has 149 valence electrons. The molecule has 0 aliphatic heterocycles. The van der Waals surface area contributed by atoms with E-state index < -0.39 is 0 Å². The first kappa shape index (κ1) is 28.4. The van der Waals surface area contributed by atoms with E-state index in [2.05, 4.69) is 19.9 Å². The molecule has 11 heteroatoms. The number of aromatic nitrogens is 4. The maximum absolute atomic E-state index is 10.4. The molecule has 4 heterocycles. The van der Waals surface area contributed by atoms with Crippen LogP contribution in [0.2, 0.25) is 10.3 Å². The molecule has 0 spiro atoms. The van der Waals surface area contributed by atoms with Crippen LogP contribution in [0.15, 0.2) is 49.1 Å². The molecule has 0 saturated heterocycles. The third kappa shape index (κ3) is 7.25. The van der Waals surface area contributed by atoms with Crippen molar-refractivity contribution in [2.75, 3.05) is 7.11 Å². The summed E-state index contributed by atoms with van der Waals surface area (Å²) >= 11 is 11.6. The fraction of sp³-hybridized carbons (Fsp3) is 0.105. The number of fused-ring (bicyclic) bond motifs is 2. The van der Waals surface area contributed by atoms with Crippen LogP contribution in [-0.4, -0.2) is 52.0 Å². The van der Waals surface area contributed by atoms with E-state index in [-0.39, 0.29) is 46.0 Å². The fourth-order valence-corrected chi connectivity index (χ4v) is 2.69. The number of hydrogen-bond donors (Lipinski definition) is 2. The Morgan fingerprint density at radius 2 is 1.43 bits per heavy atom. The van der Waals surface area contributed by atoms with Crippen molar-refractivity contribution in [2.45, 2.75) is 6.61 Å². The number of nitrogens with zero attached hydrogens (tertiary/aromatic N) is 4. The maximum Gasteiger partial charge on any atom is 1.00 e. The molecule has 0 aromatic carbocycles. The number of carbonyl (C=O) groups excluding carboxylic acids is 1. The van der Waals surface area contributed by atoms with Crippen molar-refractivity contribution in [3.05, 3.63) is 70.5 Å². The molecule has 4 aromatic heterocycles. The van der Waals surface area contributed by atoms with Crippen molar-refractivity contribution in [1.29, 1.82) is 0 Å². The molecule has 0 saturated carbocycles. The van der Waals surface area contributed by atoms with Crippen molar-refractivity contribution in [2.24, 2.45) is 0 Å². The van der Waals surface area contributed by atoms with Crippen LogP contribution in [-0.2, 0) is 6.61 Å². The summed E-state index contributed by atoms with van der Waals surface area (Å²) < 4.78 is 0. The van der Waals surface area contributed by atoms with Gasteiger partial charge in [0.2, 0.25) is 0 Å². The summed E-state index contributed by atoms with van der Waals surface area (Å²) in [5, 5.41) is 18.3. The Bertz CT molecular complexity index is 1110. The van der Waals surface area contributed by atoms with Crippen LogP contribution in [0.25, 0.3) is 21.8 Å². The standard InChI is InChI=1S/C9H7ClN2O.C9H5ClN2O.CH4O.B.Na.H/c2*10-9-8-7(1-2-11-9)3-6(5-13)4-12-8;1-2;;;/h1-4,13H,5H2;1-5H;2H,1H3;;;/q;;;;+1;-1. The molecular formula is C19H17BCl2N4NaO3. The third-order valence-electron chi connectivity index (χ3n) is 3.51. The molecule has 30 heavy (non-hydrogen) atoms. The first-order valence-electron chi connectivity index (χ1n) is 7.92. The van der Waals surface area contributed by atoms with E-state index in [0.29, 0.717) is 26.9 Å². The number of halogens is 2. The SMILES string of the molecule is CO.O=Cc1cnc2c(Cl)nccc2c1.OCc1cnc2c(Cl)nccc2c1.[B].[H-].[Na+]. The second kappa shape index (κ2) is 14.4. The smallest absolute Gasteiger partial charge is 1.00 e. The minimum Gasteiger partial charge on any atom is -1.00 e. The summed E-state index contributed by atoms with van der Waals surface area (Å²) in [7, 11) is 1.00. The second-order valence-electron chi connectivity index (χ2n) is 5.24. The molecule has 0 aliphatic carbocycles. The van der Waals surface area contributed by atoms with Crippen LogP contribution in [0.1, 0.15) is 17.3 Å². The van der Waals surface area contributed by atoms with E-state index in [1.807, 2.05) is 12.1 Å². The zero-order chi connectivity index (χ0) is 20.5. The van der Waals surface area contributed by atoms with Crippen molar-refractivity contribution in [1.82, 2.24) is 19.9 Å². The van der Waals surface area contributed by atoms with Crippen molar-refractivity contribution >= 4 is 59.7 Å². The summed E-state index contributed by atoms with van der Waals surface area (Å²) in [6, 6.07) is 7.15. The van der Waals surface area contributed by atoms with Crippen LogP contribution in [0, 0.1) is 0 Å². The van der Waals surface area contributed by atoms with Gasteiger partial charge in [0.25, 0.3) is 0 Å². The molecule has 0 unspecified atom stereocenters. The normalized spacial score (nSPS) is 9.23. The molecule has 0 aliphatic rings. The van der Waals surface area contributed by atoms with Crippen LogP contribution in [0.4, 0.5) is 0 Å². The summed E-state index contributed by atoms with van der Waals surface area (Å²) in [5.41, 5.74) is 2.60. The summed E-state index contributed by atoms with van der Waals surface area (Å²) in [5.74, 6) is 0. The number of hydrogen-bond acceptors (Lipinski definition) is 7. The third-order valence-corrected chi connectivity index (χ3v) is 4.06. The van der Waals surface area contributed by atoms with E-state index in [4.69, 9.17) is 33.4 Å². The Balaban J connectivity index is 0. The van der Waals surface area contributed by atoms with Gasteiger partial charge in [-0.05, 0) is 29.8 Å². The van der Waals surface area contributed by atoms with Crippen molar-refractivity contribution in [3.8, 4) is 0 Å². The molecule has 2 N–H and O–H groups in total. The maximum atomic E-state index is 10.4. The van der Waals surface area contributed by atoms with E-state index in [1.54, 1.807) is 30.7 Å². The Morgan fingerprint density at radius 3 is 1.93 bits per heavy atom. The Kier molecular flexibility index (Phi) is 13.6. The minimum atomic E-state index is -0.0110. The van der Waals surface area contributed by atoms with Gasteiger partial charge in [-0.3, -0.25) is 14.8 Å². The Morgan fingerprint density at radius 1 is 0.933 bits per heavy atom. The number of pyridine rings is 4. The van der Waals surface area contributed by atoms with E-state index in [0.717, 1.165) is 29.7 Å². The van der Waals surface area contributed by atoms with E-state index >= 15 is 0 Å². The Hall–Kier alpha value is -1.65. The monoisotopic (exact) mass is 453 g/mol. The first-order valence-corrected chi connectivity index (χ1v) is 8.68. The van der Waals surface area contributed by atoms with Gasteiger partial charge in [-0.15, -0.1) is 0 Å². The second-order valence-corrected chi connectivity index (χ2v) is 5.95. The predicted octanol–water partition coefficient (Wildman–Crippen LogP) is 0.215. The topological polar surface area (TPSA) is 109 Å². The molecule has 3 radical (unpaired) electrons. The first-order chi connectivity index (χ1) is 13.6. The van der Waals surface area contributed by atoms with Gasteiger partial charge in [-0.1, -0.05) is 23.2 Å². The molecule has 0 fully saturated rings. The minimum absolute atomic E-state index is 0. The van der Waals surface area contributed by atoms with E-state index in [9.17, 15) is 4.79 Å². The molecule has 7 nitrogen and oxygen atoms in total. The van der Waals surface area contributed by atoms with Gasteiger partial charge in [0.15, 0.2) is 16.6 Å². The number of aliphatic hydroxyl groups is 2. The molecular weight excluding hydrogens is 437 g/mol. The van der Waals surface area contributed by atoms with Gasteiger partial charge in [-0.25, -0.2) is 9.97 Å². The number of rotatable bonds is 2. The average molecular weight is 454 g/mol. The van der Waals surface area contributed by atoms with Crippen LogP contribution in [0.5, 0.6) is 0 Å². The van der Waals surface area contributed by atoms with Crippen molar-refractivity contribution < 1.29 is 46.0 Å². The molecule has 0 atom stereocenters. The van der Waals surface area contributed by atoms with Gasteiger partial charge in [-0.2, -0.15) is 0 Å². The van der Waals surface area contributed by atoms with Crippen molar-refractivity contribution in [3.63, 3.8) is 0 Å². The summed E-state index contributed by atoms with van der Waals surface area (Å²) in [6.07, 6.45) is 7.02. The van der Waals surface area contributed by atoms with Gasteiger partial charge in [0, 0.05) is 56.6 Å². The summed E-state index contributed by atoms with van der Waals surface area (Å²) in [6.45, 7) is -0.0110. The molecule has 0 amide bonds. The number of carbonyl (C=O) groups is 1. The van der Waals surface area contributed by atoms with Gasteiger partial charge >= 0.3 is 29.6 Å². The largest absolute Gasteiger partial charge is 1.00 e. The average Bonchev–Trinajstić information content (AvgIpc) is 2.75. The molecule has 4 aromatic rings. The zero-order valence-corrected chi connectivity index (χ0v) is 19.8. The zero-order valence-electron chi connectivity index (χ0n) is 17.3. The van der Waals surface area contributed by atoms with Gasteiger partial charge < -0.3 is 11.6 Å². The number of aldehydes is 1. The quantitative estimate of drug-likeness (QED) is 0.254. The molecule has 4 rings (SSSR count). The fourth-order valence-electron chi connectivity index (χ4n) is 2.26. The van der Waals surface area contributed by atoms with Gasteiger partial charge in [0.1, 0.15) is 11.0 Å². The van der Waals surface area contributed by atoms with E-state index in [1.165, 1.54) is 6.20 Å². The van der Waals surface area contributed by atoms with Crippen LogP contribution >= 0.6 is 23.2 Å². The van der Waals surface area contributed by atoms with Gasteiger partial charge in [0.05, 0.1) is 6.61 Å². The summed E-state index contributed by atoms with van der Waals surface area (Å²) in [4.78, 5) is 26.4. The molecule has 0 bridgehead atoms. The predicted molar refractivity (Wildman–Crippen MR) is 115 cm³/mol. The Labute approximate surface area is 208 Å². The number of aliphatic hydroxyl groups excluding tert-OH is 2. The van der Waals surface area contributed by atoms with Crippen LogP contribution in [0.3, 0.4) is 0 Å². The van der Waals surface area contributed by atoms with Crippen LogP contribution < -0.4 is 29.6 Å².